The maximum Gasteiger partial charge on any atom is 0.0463 e. The van der Waals surface area contributed by atoms with E-state index in [-0.39, 0.29) is 0 Å². The lowest BCUT2D eigenvalue weighted by molar-refractivity contribution is 1.25. The van der Waals surface area contributed by atoms with Crippen LogP contribution in [0.5, 0.6) is 0 Å². The van der Waals surface area contributed by atoms with E-state index >= 15 is 0 Å². The van der Waals surface area contributed by atoms with Crippen LogP contribution in [0.25, 0.3) is 56.0 Å². The Hall–Kier alpha value is -9.76. The van der Waals surface area contributed by atoms with Crippen LogP contribution in [0.1, 0.15) is 33.4 Å². The van der Waals surface area contributed by atoms with Crippen LogP contribution in [0.4, 0.5) is 34.1 Å². The molecule has 0 heterocycles. The van der Waals surface area contributed by atoms with Crippen LogP contribution in [0, 0.1) is 0 Å². The molecule has 0 aliphatic carbocycles. The minimum absolute atomic E-state index is 1.06. The molecule has 0 N–H and O–H groups in total. The van der Waals surface area contributed by atoms with E-state index in [1.807, 2.05) is 0 Å². The number of anilines is 6. The molecule has 74 heavy (non-hydrogen) atoms. The van der Waals surface area contributed by atoms with Gasteiger partial charge in [0.2, 0.25) is 0 Å². The van der Waals surface area contributed by atoms with Crippen LogP contribution in [0.3, 0.4) is 0 Å². The van der Waals surface area contributed by atoms with Gasteiger partial charge >= 0.3 is 0 Å². The highest BCUT2D eigenvalue weighted by Crippen LogP contribution is 2.44. The minimum atomic E-state index is 1.06. The number of rotatable bonds is 13. The molecular weight excluding hydrogens is 893 g/mol. The molecule has 12 aromatic rings. The van der Waals surface area contributed by atoms with Crippen molar-refractivity contribution in [3.05, 3.63) is 337 Å². The maximum absolute atomic E-state index is 2.40. The lowest BCUT2D eigenvalue weighted by Crippen LogP contribution is -2.12. The molecule has 0 bridgehead atoms. The third kappa shape index (κ3) is 9.32. The summed E-state index contributed by atoms with van der Waals surface area (Å²) in [6.45, 7) is 0. The second-order valence-electron chi connectivity index (χ2n) is 18.5. The first-order chi connectivity index (χ1) is 36.7. The summed E-state index contributed by atoms with van der Waals surface area (Å²) in [7, 11) is 0. The number of benzene rings is 12. The van der Waals surface area contributed by atoms with Crippen molar-refractivity contribution in [3.8, 4) is 11.1 Å². The number of hydrogen-bond donors (Lipinski definition) is 0. The van der Waals surface area contributed by atoms with Crippen molar-refractivity contribution in [1.82, 2.24) is 0 Å². The third-order valence-corrected chi connectivity index (χ3v) is 13.9. The van der Waals surface area contributed by atoms with E-state index < -0.39 is 0 Å². The topological polar surface area (TPSA) is 6.48 Å². The molecule has 0 spiro atoms. The standard InChI is InChI=1S/C72H52N2/c1-7-23-54(24-8-1)69(55-25-9-2-10-26-55)51-53-39-43-61(44-40-53)74(64-49-47-63(48-50-64)73(59-31-15-5-16-32-59)60-33-17-6-18-34-60)62-45-41-58(42-46-62)72-67-37-21-19-35-65(67)71(66-36-20-22-38-68(66)72)52-70(56-27-11-3-12-28-56)57-29-13-4-14-30-57/h1-52H. The van der Waals surface area contributed by atoms with Gasteiger partial charge in [0.15, 0.2) is 0 Å². The molecule has 12 aromatic carbocycles. The number of nitrogens with zero attached hydrogens (tertiary/aromatic N) is 2. The molecule has 0 saturated carbocycles. The van der Waals surface area contributed by atoms with Crippen molar-refractivity contribution in [1.29, 1.82) is 0 Å². The predicted octanol–water partition coefficient (Wildman–Crippen LogP) is 19.8. The Morgan fingerprint density at radius 3 is 0.865 bits per heavy atom. The number of hydrogen-bond acceptors (Lipinski definition) is 2. The Morgan fingerprint density at radius 2 is 0.500 bits per heavy atom. The summed E-state index contributed by atoms with van der Waals surface area (Å²) in [6, 6.07) is 109. The van der Waals surface area contributed by atoms with Crippen LogP contribution in [0.2, 0.25) is 0 Å². The van der Waals surface area contributed by atoms with E-state index in [0.717, 1.165) is 45.3 Å². The number of fused-ring (bicyclic) bond motifs is 2. The average molecular weight is 945 g/mol. The molecule has 0 saturated heterocycles. The summed E-state index contributed by atoms with van der Waals surface area (Å²) in [5.41, 5.74) is 18.3. The van der Waals surface area contributed by atoms with E-state index in [4.69, 9.17) is 0 Å². The average Bonchev–Trinajstić information content (AvgIpc) is 3.48. The number of para-hydroxylation sites is 2. The highest BCUT2D eigenvalue weighted by Gasteiger charge is 2.19. The monoisotopic (exact) mass is 944 g/mol. The van der Waals surface area contributed by atoms with Gasteiger partial charge < -0.3 is 9.80 Å². The Morgan fingerprint density at radius 1 is 0.230 bits per heavy atom. The molecule has 2 heteroatoms. The van der Waals surface area contributed by atoms with Crippen molar-refractivity contribution in [2.75, 3.05) is 9.80 Å². The molecule has 0 amide bonds. The van der Waals surface area contributed by atoms with Crippen molar-refractivity contribution in [3.63, 3.8) is 0 Å². The zero-order valence-electron chi connectivity index (χ0n) is 40.9. The van der Waals surface area contributed by atoms with E-state index in [1.165, 1.54) is 66.1 Å². The summed E-state index contributed by atoms with van der Waals surface area (Å²) >= 11 is 0. The van der Waals surface area contributed by atoms with E-state index in [2.05, 4.69) is 325 Å². The molecule has 0 unspecified atom stereocenters. The van der Waals surface area contributed by atoms with Crippen molar-refractivity contribution >= 4 is 79.0 Å². The molecule has 12 rings (SSSR count). The third-order valence-electron chi connectivity index (χ3n) is 13.9. The van der Waals surface area contributed by atoms with Gasteiger partial charge in [-0.2, -0.15) is 0 Å². The Labute approximate surface area is 434 Å². The Bertz CT molecular complexity index is 3690. The highest BCUT2D eigenvalue weighted by molar-refractivity contribution is 6.19. The predicted molar refractivity (Wildman–Crippen MR) is 316 cm³/mol. The first-order valence-corrected chi connectivity index (χ1v) is 25.3. The second-order valence-corrected chi connectivity index (χ2v) is 18.5. The molecule has 0 atom stereocenters. The second kappa shape index (κ2) is 20.9. The van der Waals surface area contributed by atoms with Gasteiger partial charge in [-0.1, -0.05) is 231 Å². The summed E-state index contributed by atoms with van der Waals surface area (Å²) in [5, 5.41) is 4.86. The van der Waals surface area contributed by atoms with Crippen LogP contribution < -0.4 is 9.80 Å². The molecule has 2 nitrogen and oxygen atoms in total. The van der Waals surface area contributed by atoms with Crippen LogP contribution >= 0.6 is 0 Å². The first kappa shape index (κ1) is 45.4. The SMILES string of the molecule is C(=C(c1ccccc1)c1ccccc1)c1ccc(N(c2ccc(-c3c4ccccc4c(C=C(c4ccccc4)c4ccccc4)c4ccccc34)cc2)c2ccc(N(c3ccccc3)c3ccccc3)cc2)cc1. The van der Waals surface area contributed by atoms with E-state index in [1.54, 1.807) is 0 Å². The first-order valence-electron chi connectivity index (χ1n) is 25.3. The van der Waals surface area contributed by atoms with Crippen LogP contribution in [-0.2, 0) is 0 Å². The normalized spacial score (nSPS) is 11.0. The van der Waals surface area contributed by atoms with Crippen molar-refractivity contribution in [2.45, 2.75) is 0 Å². The van der Waals surface area contributed by atoms with Gasteiger partial charge in [0.25, 0.3) is 0 Å². The van der Waals surface area contributed by atoms with Gasteiger partial charge in [-0.3, -0.25) is 0 Å². The van der Waals surface area contributed by atoms with E-state index in [0.29, 0.717) is 0 Å². The van der Waals surface area contributed by atoms with Gasteiger partial charge in [0.1, 0.15) is 0 Å². The quantitative estimate of drug-likeness (QED) is 0.0839. The van der Waals surface area contributed by atoms with Gasteiger partial charge in [-0.25, -0.2) is 0 Å². The molecule has 0 aliphatic rings. The highest BCUT2D eigenvalue weighted by atomic mass is 15.2. The molecule has 0 fully saturated rings. The molecule has 350 valence electrons. The molecule has 0 aromatic heterocycles. The fraction of sp³-hybridized carbons (Fsp3) is 0. The Kier molecular flexibility index (Phi) is 12.8. The lowest BCUT2D eigenvalue weighted by Gasteiger charge is -2.28. The molecular formula is C72H52N2. The maximum atomic E-state index is 2.40. The summed E-state index contributed by atoms with van der Waals surface area (Å²) < 4.78 is 0. The largest absolute Gasteiger partial charge is 0.311 e. The summed E-state index contributed by atoms with van der Waals surface area (Å²) in [6.07, 6.45) is 4.69. The smallest absolute Gasteiger partial charge is 0.0463 e. The lowest BCUT2D eigenvalue weighted by atomic mass is 9.86. The summed E-state index contributed by atoms with van der Waals surface area (Å²) in [4.78, 5) is 4.67. The summed E-state index contributed by atoms with van der Waals surface area (Å²) in [5.74, 6) is 0. The van der Waals surface area contributed by atoms with Crippen molar-refractivity contribution < 1.29 is 0 Å². The van der Waals surface area contributed by atoms with Crippen LogP contribution in [-0.4, -0.2) is 0 Å². The fourth-order valence-electron chi connectivity index (χ4n) is 10.4. The van der Waals surface area contributed by atoms with Gasteiger partial charge in [-0.15, -0.1) is 0 Å². The van der Waals surface area contributed by atoms with Gasteiger partial charge in [0.05, 0.1) is 0 Å². The van der Waals surface area contributed by atoms with E-state index in [9.17, 15) is 0 Å². The fourth-order valence-corrected chi connectivity index (χ4v) is 10.4. The van der Waals surface area contributed by atoms with Gasteiger partial charge in [-0.05, 0) is 162 Å². The molecule has 0 radical (unpaired) electrons. The van der Waals surface area contributed by atoms with Gasteiger partial charge in [0, 0.05) is 34.1 Å². The zero-order chi connectivity index (χ0) is 49.5. The zero-order valence-corrected chi connectivity index (χ0v) is 40.9. The minimum Gasteiger partial charge on any atom is -0.311 e. The van der Waals surface area contributed by atoms with Crippen LogP contribution in [0.15, 0.2) is 303 Å². The molecule has 0 aliphatic heterocycles. The van der Waals surface area contributed by atoms with Crippen molar-refractivity contribution in [2.24, 2.45) is 0 Å². The Balaban J connectivity index is 0.975.